The third kappa shape index (κ3) is 3.31. The predicted molar refractivity (Wildman–Crippen MR) is 92.4 cm³/mol. The molecule has 3 nitrogen and oxygen atoms in total. The number of nitrogens with zero attached hydrogens (tertiary/aromatic N) is 1. The van der Waals surface area contributed by atoms with Gasteiger partial charge in [0.1, 0.15) is 0 Å². The number of amides is 1. The second kappa shape index (κ2) is 7.47. The van der Waals surface area contributed by atoms with Gasteiger partial charge in [-0.05, 0) is 62.8 Å². The molecule has 4 heteroatoms. The van der Waals surface area contributed by atoms with E-state index in [1.165, 1.54) is 16.7 Å². The smallest absolute Gasteiger partial charge is 0.227 e. The van der Waals surface area contributed by atoms with Crippen LogP contribution in [0.2, 0.25) is 0 Å². The molecule has 122 valence electrons. The van der Waals surface area contributed by atoms with Crippen LogP contribution in [0.1, 0.15) is 48.4 Å². The highest BCUT2D eigenvalue weighted by Gasteiger charge is 2.34. The second-order valence-corrected chi connectivity index (χ2v) is 6.52. The number of piperidine rings is 1. The highest BCUT2D eigenvalue weighted by Crippen LogP contribution is 2.36. The van der Waals surface area contributed by atoms with Gasteiger partial charge in [0.05, 0.1) is 12.0 Å². The summed E-state index contributed by atoms with van der Waals surface area (Å²) in [5, 5.41) is 3.37. The van der Waals surface area contributed by atoms with Crippen molar-refractivity contribution >= 4 is 18.3 Å². The Bertz CT molecular complexity index is 526. The van der Waals surface area contributed by atoms with Crippen LogP contribution in [-0.2, 0) is 4.79 Å². The topological polar surface area (TPSA) is 32.3 Å². The Morgan fingerprint density at radius 2 is 2.05 bits per heavy atom. The summed E-state index contributed by atoms with van der Waals surface area (Å²) in [7, 11) is 0. The molecule has 0 aliphatic carbocycles. The molecule has 1 N–H and O–H groups in total. The summed E-state index contributed by atoms with van der Waals surface area (Å²) in [5.41, 5.74) is 4.03. The van der Waals surface area contributed by atoms with Crippen LogP contribution in [0.4, 0.5) is 0 Å². The lowest BCUT2D eigenvalue weighted by Gasteiger charge is -2.32. The Kier molecular flexibility index (Phi) is 5.87. The van der Waals surface area contributed by atoms with Crippen molar-refractivity contribution in [2.75, 3.05) is 19.6 Å². The molecular weight excluding hydrogens is 296 g/mol. The van der Waals surface area contributed by atoms with Crippen molar-refractivity contribution in [3.63, 3.8) is 0 Å². The van der Waals surface area contributed by atoms with Gasteiger partial charge in [-0.2, -0.15) is 0 Å². The van der Waals surface area contributed by atoms with E-state index in [4.69, 9.17) is 0 Å². The standard InChI is InChI=1S/C18H26N2O.ClH/c1-13-6-3-8-16(14(13)2)17-9-5-11-20(17)18(21)15-7-4-10-19-12-15;/h3,6,8,15,17,19H,4-5,7,9-12H2,1-2H3;1H. The molecule has 1 amide bonds. The molecule has 2 unspecified atom stereocenters. The lowest BCUT2D eigenvalue weighted by molar-refractivity contribution is -0.137. The quantitative estimate of drug-likeness (QED) is 0.905. The number of aryl methyl sites for hydroxylation is 1. The van der Waals surface area contributed by atoms with E-state index in [1.807, 2.05) is 0 Å². The molecule has 2 heterocycles. The number of halogens is 1. The van der Waals surface area contributed by atoms with Crippen molar-refractivity contribution in [1.29, 1.82) is 0 Å². The van der Waals surface area contributed by atoms with Crippen molar-refractivity contribution in [3.8, 4) is 0 Å². The summed E-state index contributed by atoms with van der Waals surface area (Å²) in [6.45, 7) is 7.19. The molecule has 0 aromatic heterocycles. The molecule has 22 heavy (non-hydrogen) atoms. The SMILES string of the molecule is Cc1cccc(C2CCCN2C(=O)C2CCCNC2)c1C.Cl. The highest BCUT2D eigenvalue weighted by atomic mass is 35.5. The normalized spacial score (nSPS) is 24.9. The van der Waals surface area contributed by atoms with Crippen molar-refractivity contribution in [2.24, 2.45) is 5.92 Å². The van der Waals surface area contributed by atoms with E-state index in [9.17, 15) is 4.79 Å². The van der Waals surface area contributed by atoms with Gasteiger partial charge in [-0.3, -0.25) is 4.79 Å². The minimum Gasteiger partial charge on any atom is -0.335 e. The molecular formula is C18H27ClN2O. The van der Waals surface area contributed by atoms with Crippen molar-refractivity contribution in [3.05, 3.63) is 34.9 Å². The summed E-state index contributed by atoms with van der Waals surface area (Å²) in [5.74, 6) is 0.551. The van der Waals surface area contributed by atoms with E-state index in [1.54, 1.807) is 0 Å². The van der Waals surface area contributed by atoms with Crippen LogP contribution in [0.5, 0.6) is 0 Å². The third-order valence-electron chi connectivity index (χ3n) is 5.19. The van der Waals surface area contributed by atoms with E-state index >= 15 is 0 Å². The number of carbonyl (C=O) groups excluding carboxylic acids is 1. The van der Waals surface area contributed by atoms with E-state index in [0.29, 0.717) is 11.9 Å². The molecule has 0 saturated carbocycles. The first-order valence-corrected chi connectivity index (χ1v) is 8.26. The molecule has 0 radical (unpaired) electrons. The largest absolute Gasteiger partial charge is 0.335 e. The van der Waals surface area contributed by atoms with Gasteiger partial charge in [0.2, 0.25) is 5.91 Å². The monoisotopic (exact) mass is 322 g/mol. The van der Waals surface area contributed by atoms with Crippen LogP contribution in [-0.4, -0.2) is 30.4 Å². The van der Waals surface area contributed by atoms with E-state index in [0.717, 1.165) is 45.3 Å². The molecule has 2 aliphatic heterocycles. The molecule has 1 aromatic carbocycles. The first-order valence-electron chi connectivity index (χ1n) is 8.26. The molecule has 1 aromatic rings. The number of nitrogens with one attached hydrogen (secondary N) is 1. The van der Waals surface area contributed by atoms with Gasteiger partial charge in [0.15, 0.2) is 0 Å². The van der Waals surface area contributed by atoms with Crippen LogP contribution < -0.4 is 5.32 Å². The summed E-state index contributed by atoms with van der Waals surface area (Å²) in [4.78, 5) is 15.0. The first kappa shape index (κ1) is 17.3. The van der Waals surface area contributed by atoms with Crippen LogP contribution in [0.25, 0.3) is 0 Å². The summed E-state index contributed by atoms with van der Waals surface area (Å²) < 4.78 is 0. The fourth-order valence-electron chi connectivity index (χ4n) is 3.79. The first-order chi connectivity index (χ1) is 10.2. The van der Waals surface area contributed by atoms with E-state index in [-0.39, 0.29) is 18.3 Å². The van der Waals surface area contributed by atoms with Gasteiger partial charge in [-0.1, -0.05) is 18.2 Å². The van der Waals surface area contributed by atoms with Gasteiger partial charge in [-0.25, -0.2) is 0 Å². The van der Waals surface area contributed by atoms with Gasteiger partial charge in [0.25, 0.3) is 0 Å². The lowest BCUT2D eigenvalue weighted by atomic mass is 9.94. The molecule has 2 saturated heterocycles. The summed E-state index contributed by atoms with van der Waals surface area (Å²) >= 11 is 0. The lowest BCUT2D eigenvalue weighted by Crippen LogP contribution is -2.42. The molecule has 2 fully saturated rings. The molecule has 0 bridgehead atoms. The Labute approximate surface area is 139 Å². The minimum atomic E-state index is 0. The van der Waals surface area contributed by atoms with Crippen LogP contribution in [0.15, 0.2) is 18.2 Å². The summed E-state index contributed by atoms with van der Waals surface area (Å²) in [6, 6.07) is 6.78. The third-order valence-corrected chi connectivity index (χ3v) is 5.19. The number of likely N-dealkylation sites (tertiary alicyclic amines) is 1. The van der Waals surface area contributed by atoms with Crippen molar-refractivity contribution in [2.45, 2.75) is 45.6 Å². The molecule has 2 aliphatic rings. The van der Waals surface area contributed by atoms with Crippen LogP contribution in [0.3, 0.4) is 0 Å². The van der Waals surface area contributed by atoms with Crippen molar-refractivity contribution < 1.29 is 4.79 Å². The Morgan fingerprint density at radius 1 is 1.23 bits per heavy atom. The maximum atomic E-state index is 12.9. The van der Waals surface area contributed by atoms with Crippen LogP contribution >= 0.6 is 12.4 Å². The fraction of sp³-hybridized carbons (Fsp3) is 0.611. The molecule has 0 spiro atoms. The maximum absolute atomic E-state index is 12.9. The van der Waals surface area contributed by atoms with Gasteiger partial charge in [0, 0.05) is 13.1 Å². The van der Waals surface area contributed by atoms with Crippen molar-refractivity contribution in [1.82, 2.24) is 10.2 Å². The zero-order chi connectivity index (χ0) is 14.8. The van der Waals surface area contributed by atoms with Gasteiger partial charge in [-0.15, -0.1) is 12.4 Å². The minimum absolute atomic E-state index is 0. The zero-order valence-corrected chi connectivity index (χ0v) is 14.4. The van der Waals surface area contributed by atoms with Crippen LogP contribution in [0, 0.1) is 19.8 Å². The fourth-order valence-corrected chi connectivity index (χ4v) is 3.79. The summed E-state index contributed by atoms with van der Waals surface area (Å²) in [6.07, 6.45) is 4.40. The average Bonchev–Trinajstić information content (AvgIpc) is 2.99. The van der Waals surface area contributed by atoms with E-state index in [2.05, 4.69) is 42.3 Å². The Morgan fingerprint density at radius 3 is 2.77 bits per heavy atom. The Hall–Kier alpha value is -1.06. The average molecular weight is 323 g/mol. The number of carbonyl (C=O) groups is 1. The molecule has 2 atom stereocenters. The number of rotatable bonds is 2. The molecule has 3 rings (SSSR count). The van der Waals surface area contributed by atoms with Gasteiger partial charge < -0.3 is 10.2 Å². The number of hydrogen-bond acceptors (Lipinski definition) is 2. The van der Waals surface area contributed by atoms with E-state index < -0.39 is 0 Å². The number of hydrogen-bond donors (Lipinski definition) is 1. The predicted octanol–water partition coefficient (Wildman–Crippen LogP) is 3.39. The second-order valence-electron chi connectivity index (χ2n) is 6.52. The Balaban J connectivity index is 0.00000176. The number of benzene rings is 1. The maximum Gasteiger partial charge on any atom is 0.227 e. The highest BCUT2D eigenvalue weighted by molar-refractivity contribution is 5.85. The zero-order valence-electron chi connectivity index (χ0n) is 13.6. The van der Waals surface area contributed by atoms with Gasteiger partial charge >= 0.3 is 0 Å².